The lowest BCUT2D eigenvalue weighted by Crippen LogP contribution is -2.36. The van der Waals surface area contributed by atoms with Crippen molar-refractivity contribution in [1.82, 2.24) is 4.90 Å². The number of rotatable bonds is 5. The first-order valence-corrected chi connectivity index (χ1v) is 7.60. The van der Waals surface area contributed by atoms with E-state index >= 15 is 0 Å². The van der Waals surface area contributed by atoms with Gasteiger partial charge < -0.3 is 10.0 Å². The van der Waals surface area contributed by atoms with E-state index in [0.29, 0.717) is 6.04 Å². The Kier molecular flexibility index (Phi) is 5.41. The third kappa shape index (κ3) is 4.32. The zero-order valence-electron chi connectivity index (χ0n) is 12.3. The molecule has 0 heterocycles. The van der Waals surface area contributed by atoms with Crippen LogP contribution in [0.1, 0.15) is 50.7 Å². The predicted molar refractivity (Wildman–Crippen MR) is 80.1 cm³/mol. The molecule has 0 aliphatic heterocycles. The Morgan fingerprint density at radius 2 is 2.00 bits per heavy atom. The van der Waals surface area contributed by atoms with Crippen LogP contribution in [0.4, 0.5) is 0 Å². The smallest absolute Gasteiger partial charge is 0.0802 e. The van der Waals surface area contributed by atoms with Gasteiger partial charge in [-0.25, -0.2) is 0 Å². The number of nitrogens with zero attached hydrogens (tertiary/aromatic N) is 1. The fraction of sp³-hybridized carbons (Fsp3) is 0.647. The lowest BCUT2D eigenvalue weighted by molar-refractivity contribution is 0.116. The van der Waals surface area contributed by atoms with Gasteiger partial charge in [-0.05, 0) is 37.8 Å². The number of benzene rings is 1. The van der Waals surface area contributed by atoms with Crippen LogP contribution < -0.4 is 0 Å². The molecule has 1 aliphatic rings. The van der Waals surface area contributed by atoms with Crippen LogP contribution in [0.15, 0.2) is 30.3 Å². The van der Waals surface area contributed by atoms with Gasteiger partial charge in [0.05, 0.1) is 6.10 Å². The van der Waals surface area contributed by atoms with Gasteiger partial charge in [0.1, 0.15) is 0 Å². The van der Waals surface area contributed by atoms with Crippen LogP contribution in [0, 0.1) is 5.92 Å². The Morgan fingerprint density at radius 3 is 2.68 bits per heavy atom. The van der Waals surface area contributed by atoms with Crippen molar-refractivity contribution in [3.05, 3.63) is 35.9 Å². The Hall–Kier alpha value is -0.860. The maximum Gasteiger partial charge on any atom is 0.0802 e. The second kappa shape index (κ2) is 7.06. The summed E-state index contributed by atoms with van der Waals surface area (Å²) in [5.41, 5.74) is 1.04. The fourth-order valence-electron chi connectivity index (χ4n) is 3.15. The van der Waals surface area contributed by atoms with Gasteiger partial charge in [0.25, 0.3) is 0 Å². The van der Waals surface area contributed by atoms with Crippen LogP contribution in [0.3, 0.4) is 0 Å². The third-order valence-electron chi connectivity index (χ3n) is 4.47. The van der Waals surface area contributed by atoms with Gasteiger partial charge in [0, 0.05) is 12.6 Å². The molecule has 0 spiro atoms. The molecule has 3 unspecified atom stereocenters. The summed E-state index contributed by atoms with van der Waals surface area (Å²) in [7, 11) is 2.21. The molecule has 1 aromatic rings. The minimum absolute atomic E-state index is 0.329. The molecule has 0 radical (unpaired) electrons. The van der Waals surface area contributed by atoms with E-state index in [1.807, 2.05) is 30.3 Å². The molecule has 0 saturated heterocycles. The minimum atomic E-state index is -0.329. The molecule has 0 bridgehead atoms. The summed E-state index contributed by atoms with van der Waals surface area (Å²) in [6.45, 7) is 3.34. The van der Waals surface area contributed by atoms with E-state index in [4.69, 9.17) is 0 Å². The highest BCUT2D eigenvalue weighted by molar-refractivity contribution is 5.17. The summed E-state index contributed by atoms with van der Waals surface area (Å²) in [6.07, 6.45) is 5.88. The molecular formula is C17H27NO. The van der Waals surface area contributed by atoms with E-state index in [-0.39, 0.29) is 6.10 Å². The van der Waals surface area contributed by atoms with Gasteiger partial charge >= 0.3 is 0 Å². The van der Waals surface area contributed by atoms with E-state index in [9.17, 15) is 5.11 Å². The van der Waals surface area contributed by atoms with Crippen molar-refractivity contribution in [3.63, 3.8) is 0 Å². The second-order valence-corrected chi connectivity index (χ2v) is 6.12. The Labute approximate surface area is 117 Å². The number of aliphatic hydroxyl groups is 1. The van der Waals surface area contributed by atoms with E-state index in [0.717, 1.165) is 24.4 Å². The van der Waals surface area contributed by atoms with E-state index < -0.39 is 0 Å². The Balaban J connectivity index is 1.78. The average molecular weight is 261 g/mol. The molecule has 1 aromatic carbocycles. The zero-order valence-corrected chi connectivity index (χ0v) is 12.3. The summed E-state index contributed by atoms with van der Waals surface area (Å²) in [6, 6.07) is 10.7. The summed E-state index contributed by atoms with van der Waals surface area (Å²) >= 11 is 0. The number of hydrogen-bond acceptors (Lipinski definition) is 2. The normalized spacial score (nSPS) is 25.5. The van der Waals surface area contributed by atoms with Crippen molar-refractivity contribution in [2.45, 2.75) is 51.2 Å². The standard InChI is InChI=1S/C17H27NO/c1-14-7-6-10-16(13-14)18(2)12-11-17(19)15-8-4-3-5-9-15/h3-5,8-9,14,16-17,19H,6-7,10-13H2,1-2H3. The number of hydrogen-bond donors (Lipinski definition) is 1. The molecular weight excluding hydrogens is 234 g/mol. The maximum absolute atomic E-state index is 10.2. The van der Waals surface area contributed by atoms with E-state index in [2.05, 4.69) is 18.9 Å². The predicted octanol–water partition coefficient (Wildman–Crippen LogP) is 3.62. The van der Waals surface area contributed by atoms with Crippen LogP contribution in [0.2, 0.25) is 0 Å². The highest BCUT2D eigenvalue weighted by Crippen LogP contribution is 2.27. The first kappa shape index (κ1) is 14.5. The molecule has 0 aromatic heterocycles. The van der Waals surface area contributed by atoms with Crippen molar-refractivity contribution in [3.8, 4) is 0 Å². The molecule has 2 rings (SSSR count). The van der Waals surface area contributed by atoms with Crippen LogP contribution in [0.5, 0.6) is 0 Å². The van der Waals surface area contributed by atoms with Crippen LogP contribution in [0.25, 0.3) is 0 Å². The van der Waals surface area contributed by atoms with Gasteiger partial charge in [0.15, 0.2) is 0 Å². The van der Waals surface area contributed by atoms with Gasteiger partial charge in [0.2, 0.25) is 0 Å². The van der Waals surface area contributed by atoms with Gasteiger partial charge in [-0.3, -0.25) is 0 Å². The largest absolute Gasteiger partial charge is 0.388 e. The molecule has 2 heteroatoms. The molecule has 3 atom stereocenters. The first-order chi connectivity index (χ1) is 9.16. The zero-order chi connectivity index (χ0) is 13.7. The number of aliphatic hydroxyl groups excluding tert-OH is 1. The van der Waals surface area contributed by atoms with E-state index in [1.165, 1.54) is 25.7 Å². The molecule has 1 fully saturated rings. The second-order valence-electron chi connectivity index (χ2n) is 6.12. The molecule has 19 heavy (non-hydrogen) atoms. The molecule has 1 saturated carbocycles. The summed E-state index contributed by atoms with van der Waals surface area (Å²) < 4.78 is 0. The Bertz CT molecular complexity index is 365. The van der Waals surface area contributed by atoms with Crippen molar-refractivity contribution >= 4 is 0 Å². The third-order valence-corrected chi connectivity index (χ3v) is 4.47. The van der Waals surface area contributed by atoms with Crippen LogP contribution in [-0.2, 0) is 0 Å². The van der Waals surface area contributed by atoms with Gasteiger partial charge in [-0.15, -0.1) is 0 Å². The topological polar surface area (TPSA) is 23.5 Å². The lowest BCUT2D eigenvalue weighted by atomic mass is 9.86. The summed E-state index contributed by atoms with van der Waals surface area (Å²) in [5, 5.41) is 10.2. The first-order valence-electron chi connectivity index (χ1n) is 7.60. The van der Waals surface area contributed by atoms with E-state index in [1.54, 1.807) is 0 Å². The molecule has 106 valence electrons. The molecule has 1 aliphatic carbocycles. The van der Waals surface area contributed by atoms with Gasteiger partial charge in [-0.1, -0.05) is 50.1 Å². The molecule has 2 nitrogen and oxygen atoms in total. The van der Waals surface area contributed by atoms with Crippen molar-refractivity contribution in [2.75, 3.05) is 13.6 Å². The highest BCUT2D eigenvalue weighted by atomic mass is 16.3. The van der Waals surface area contributed by atoms with Crippen molar-refractivity contribution in [2.24, 2.45) is 5.92 Å². The van der Waals surface area contributed by atoms with Crippen molar-refractivity contribution < 1.29 is 5.11 Å². The van der Waals surface area contributed by atoms with Crippen LogP contribution in [-0.4, -0.2) is 29.6 Å². The van der Waals surface area contributed by atoms with Crippen LogP contribution >= 0.6 is 0 Å². The average Bonchev–Trinajstić information content (AvgIpc) is 2.45. The van der Waals surface area contributed by atoms with Gasteiger partial charge in [-0.2, -0.15) is 0 Å². The summed E-state index contributed by atoms with van der Waals surface area (Å²) in [4.78, 5) is 2.45. The lowest BCUT2D eigenvalue weighted by Gasteiger charge is -2.34. The SMILES string of the molecule is CC1CCCC(N(C)CCC(O)c2ccccc2)C1. The maximum atomic E-state index is 10.2. The molecule has 1 N–H and O–H groups in total. The fourth-order valence-corrected chi connectivity index (χ4v) is 3.15. The highest BCUT2D eigenvalue weighted by Gasteiger charge is 2.22. The minimum Gasteiger partial charge on any atom is -0.388 e. The monoisotopic (exact) mass is 261 g/mol. The quantitative estimate of drug-likeness (QED) is 0.875. The van der Waals surface area contributed by atoms with Crippen molar-refractivity contribution in [1.29, 1.82) is 0 Å². The summed E-state index contributed by atoms with van der Waals surface area (Å²) in [5.74, 6) is 0.861. The molecule has 0 amide bonds. The Morgan fingerprint density at radius 1 is 1.26 bits per heavy atom.